The molecule has 0 aliphatic rings. The summed E-state index contributed by atoms with van der Waals surface area (Å²) in [5, 5.41) is 0. The molecular formula is C7H7BrF2N2O. The molecule has 0 aromatic carbocycles. The molecule has 0 aliphatic carbocycles. The smallest absolute Gasteiger partial charge is 0.280 e. The molecule has 1 aromatic rings. The third-order valence-corrected chi connectivity index (χ3v) is 2.04. The van der Waals surface area contributed by atoms with Gasteiger partial charge >= 0.3 is 0 Å². The van der Waals surface area contributed by atoms with E-state index in [4.69, 9.17) is 10.5 Å². The molecule has 0 unspecified atom stereocenters. The Kier molecular flexibility index (Phi) is 3.02. The van der Waals surface area contributed by atoms with Gasteiger partial charge in [0.2, 0.25) is 0 Å². The monoisotopic (exact) mass is 252 g/mol. The molecule has 6 heteroatoms. The number of ether oxygens (including phenoxy) is 1. The van der Waals surface area contributed by atoms with Gasteiger partial charge in [0, 0.05) is 6.07 Å². The van der Waals surface area contributed by atoms with E-state index in [0.717, 1.165) is 6.07 Å². The standard InChI is InChI=1S/C7H7BrF2N2O/c1-13-4-2-3(7(9)10)12-6(8)5(4)11/h2,7H,11H2,1H3. The Morgan fingerprint density at radius 1 is 1.62 bits per heavy atom. The van der Waals surface area contributed by atoms with E-state index in [1.165, 1.54) is 7.11 Å². The highest BCUT2D eigenvalue weighted by atomic mass is 79.9. The summed E-state index contributed by atoms with van der Waals surface area (Å²) in [7, 11) is 1.35. The first kappa shape index (κ1) is 10.2. The Bertz CT molecular complexity index is 320. The average molecular weight is 253 g/mol. The van der Waals surface area contributed by atoms with E-state index >= 15 is 0 Å². The molecule has 1 heterocycles. The minimum absolute atomic E-state index is 0.169. The van der Waals surface area contributed by atoms with Gasteiger partial charge < -0.3 is 10.5 Å². The highest BCUT2D eigenvalue weighted by Crippen LogP contribution is 2.31. The first-order chi connectivity index (χ1) is 6.06. The fourth-order valence-corrected chi connectivity index (χ4v) is 1.20. The van der Waals surface area contributed by atoms with Crippen LogP contribution in [0.25, 0.3) is 0 Å². The number of hydrogen-bond acceptors (Lipinski definition) is 3. The minimum atomic E-state index is -2.63. The second kappa shape index (κ2) is 3.87. The first-order valence-electron chi connectivity index (χ1n) is 3.34. The summed E-state index contributed by atoms with van der Waals surface area (Å²) < 4.78 is 29.4. The van der Waals surface area contributed by atoms with Crippen LogP contribution in [0.1, 0.15) is 12.1 Å². The van der Waals surface area contributed by atoms with Crippen LogP contribution < -0.4 is 10.5 Å². The quantitative estimate of drug-likeness (QED) is 0.823. The zero-order valence-corrected chi connectivity index (χ0v) is 8.31. The maximum atomic E-state index is 12.2. The summed E-state index contributed by atoms with van der Waals surface area (Å²) in [6.07, 6.45) is -2.63. The number of nitrogens with zero attached hydrogens (tertiary/aromatic N) is 1. The molecule has 0 saturated carbocycles. The van der Waals surface area contributed by atoms with Crippen molar-refractivity contribution in [3.63, 3.8) is 0 Å². The summed E-state index contributed by atoms with van der Waals surface area (Å²) in [6, 6.07) is 1.12. The van der Waals surface area contributed by atoms with Gasteiger partial charge in [-0.25, -0.2) is 13.8 Å². The molecule has 1 aromatic heterocycles. The maximum absolute atomic E-state index is 12.2. The molecule has 0 atom stereocenters. The van der Waals surface area contributed by atoms with Crippen molar-refractivity contribution in [2.45, 2.75) is 6.43 Å². The number of aromatic nitrogens is 1. The first-order valence-corrected chi connectivity index (χ1v) is 4.13. The predicted octanol–water partition coefficient (Wildman–Crippen LogP) is 2.37. The second-order valence-corrected chi connectivity index (χ2v) is 3.01. The predicted molar refractivity (Wildman–Crippen MR) is 47.9 cm³/mol. The molecule has 0 amide bonds. The van der Waals surface area contributed by atoms with Crippen molar-refractivity contribution in [1.82, 2.24) is 4.98 Å². The molecular weight excluding hydrogens is 246 g/mol. The third kappa shape index (κ3) is 2.06. The minimum Gasteiger partial charge on any atom is -0.494 e. The lowest BCUT2D eigenvalue weighted by Gasteiger charge is -2.07. The zero-order chi connectivity index (χ0) is 10.0. The lowest BCUT2D eigenvalue weighted by atomic mass is 10.3. The van der Waals surface area contributed by atoms with Crippen LogP contribution in [-0.2, 0) is 0 Å². The normalized spacial score (nSPS) is 10.5. The van der Waals surface area contributed by atoms with Crippen LogP contribution in [0.3, 0.4) is 0 Å². The van der Waals surface area contributed by atoms with E-state index < -0.39 is 6.43 Å². The van der Waals surface area contributed by atoms with Gasteiger partial charge in [0.1, 0.15) is 21.7 Å². The van der Waals surface area contributed by atoms with Crippen molar-refractivity contribution in [2.24, 2.45) is 0 Å². The van der Waals surface area contributed by atoms with Crippen molar-refractivity contribution in [3.8, 4) is 5.75 Å². The van der Waals surface area contributed by atoms with Gasteiger partial charge in [-0.15, -0.1) is 0 Å². The Morgan fingerprint density at radius 3 is 2.69 bits per heavy atom. The van der Waals surface area contributed by atoms with Crippen LogP contribution in [-0.4, -0.2) is 12.1 Å². The van der Waals surface area contributed by atoms with Crippen LogP contribution >= 0.6 is 15.9 Å². The molecule has 0 radical (unpaired) electrons. The number of nitrogens with two attached hydrogens (primary N) is 1. The van der Waals surface area contributed by atoms with Gasteiger partial charge in [-0.2, -0.15) is 0 Å². The highest BCUT2D eigenvalue weighted by molar-refractivity contribution is 9.10. The number of anilines is 1. The molecule has 0 saturated heterocycles. The lowest BCUT2D eigenvalue weighted by Crippen LogP contribution is -1.99. The van der Waals surface area contributed by atoms with E-state index in [-0.39, 0.29) is 21.7 Å². The Hall–Kier alpha value is -0.910. The Balaban J connectivity index is 3.22. The van der Waals surface area contributed by atoms with Crippen molar-refractivity contribution < 1.29 is 13.5 Å². The van der Waals surface area contributed by atoms with Gasteiger partial charge in [0.25, 0.3) is 6.43 Å². The Morgan fingerprint density at radius 2 is 2.23 bits per heavy atom. The highest BCUT2D eigenvalue weighted by Gasteiger charge is 2.14. The number of pyridine rings is 1. The van der Waals surface area contributed by atoms with Crippen molar-refractivity contribution >= 4 is 21.6 Å². The van der Waals surface area contributed by atoms with Gasteiger partial charge in [-0.3, -0.25) is 0 Å². The molecule has 1 rings (SSSR count). The van der Waals surface area contributed by atoms with Crippen molar-refractivity contribution in [2.75, 3.05) is 12.8 Å². The molecule has 0 fully saturated rings. The fourth-order valence-electron chi connectivity index (χ4n) is 0.800. The fraction of sp³-hybridized carbons (Fsp3) is 0.286. The summed E-state index contributed by atoms with van der Waals surface area (Å²) in [4.78, 5) is 3.54. The number of methoxy groups -OCH3 is 1. The molecule has 2 N–H and O–H groups in total. The number of alkyl halides is 2. The summed E-state index contributed by atoms with van der Waals surface area (Å²) in [6.45, 7) is 0. The molecule has 3 nitrogen and oxygen atoms in total. The largest absolute Gasteiger partial charge is 0.494 e. The Labute approximate surface area is 82.0 Å². The SMILES string of the molecule is COc1cc(C(F)F)nc(Br)c1N. The van der Waals surface area contributed by atoms with Gasteiger partial charge in [0.05, 0.1) is 7.11 Å². The summed E-state index contributed by atoms with van der Waals surface area (Å²) in [5.41, 5.74) is 5.33. The molecule has 72 valence electrons. The molecule has 13 heavy (non-hydrogen) atoms. The van der Waals surface area contributed by atoms with Crippen LogP contribution in [0.4, 0.5) is 14.5 Å². The second-order valence-electron chi connectivity index (χ2n) is 2.25. The maximum Gasteiger partial charge on any atom is 0.280 e. The van der Waals surface area contributed by atoms with Crippen LogP contribution in [0, 0.1) is 0 Å². The van der Waals surface area contributed by atoms with Crippen LogP contribution in [0.5, 0.6) is 5.75 Å². The topological polar surface area (TPSA) is 48.1 Å². The van der Waals surface area contributed by atoms with E-state index in [1.54, 1.807) is 0 Å². The van der Waals surface area contributed by atoms with Gasteiger partial charge in [0.15, 0.2) is 0 Å². The molecule has 0 bridgehead atoms. The lowest BCUT2D eigenvalue weighted by molar-refractivity contribution is 0.145. The van der Waals surface area contributed by atoms with Gasteiger partial charge in [-0.05, 0) is 15.9 Å². The van der Waals surface area contributed by atoms with E-state index in [2.05, 4.69) is 20.9 Å². The molecule has 0 aliphatic heterocycles. The number of nitrogen functional groups attached to an aromatic ring is 1. The number of hydrogen-bond donors (Lipinski definition) is 1. The van der Waals surface area contributed by atoms with Crippen molar-refractivity contribution in [3.05, 3.63) is 16.4 Å². The average Bonchev–Trinajstić information content (AvgIpc) is 2.09. The molecule has 0 spiro atoms. The van der Waals surface area contributed by atoms with Gasteiger partial charge in [-0.1, -0.05) is 0 Å². The van der Waals surface area contributed by atoms with E-state index in [1.807, 2.05) is 0 Å². The summed E-state index contributed by atoms with van der Waals surface area (Å²) in [5.74, 6) is 0.192. The summed E-state index contributed by atoms with van der Waals surface area (Å²) >= 11 is 2.96. The van der Waals surface area contributed by atoms with Crippen LogP contribution in [0.2, 0.25) is 0 Å². The van der Waals surface area contributed by atoms with E-state index in [9.17, 15) is 8.78 Å². The third-order valence-electron chi connectivity index (χ3n) is 1.44. The number of halogens is 3. The number of rotatable bonds is 2. The van der Waals surface area contributed by atoms with E-state index in [0.29, 0.717) is 0 Å². The zero-order valence-electron chi connectivity index (χ0n) is 6.72. The van der Waals surface area contributed by atoms with Crippen LogP contribution in [0.15, 0.2) is 10.7 Å². The van der Waals surface area contributed by atoms with Crippen molar-refractivity contribution in [1.29, 1.82) is 0 Å².